The Bertz CT molecular complexity index is 104. The number of unbranched alkanes of at least 4 members (excludes halogenated alkanes) is 2. The molecule has 0 heterocycles. The van der Waals surface area contributed by atoms with E-state index < -0.39 is 0 Å². The fourth-order valence-corrected chi connectivity index (χ4v) is 2.09. The van der Waals surface area contributed by atoms with Crippen LogP contribution in [0, 0.1) is 6.92 Å². The Kier molecular flexibility index (Phi) is 6.26. The van der Waals surface area contributed by atoms with Crippen LogP contribution in [0.15, 0.2) is 0 Å². The molecule has 1 fully saturated rings. The molecule has 0 aromatic rings. The number of rotatable bonds is 5. The predicted octanol–water partition coefficient (Wildman–Crippen LogP) is 3.30. The summed E-state index contributed by atoms with van der Waals surface area (Å²) in [6.07, 6.45) is 12.3. The normalized spacial score (nSPS) is 20.1. The van der Waals surface area contributed by atoms with Gasteiger partial charge in [-0.15, -0.1) is 0 Å². The van der Waals surface area contributed by atoms with Crippen LogP contribution in [0.1, 0.15) is 57.8 Å². The minimum Gasteiger partial charge on any atom is -0.314 e. The van der Waals surface area contributed by atoms with E-state index >= 15 is 0 Å². The van der Waals surface area contributed by atoms with Crippen molar-refractivity contribution in [2.75, 3.05) is 6.54 Å². The molecule has 0 aromatic carbocycles. The van der Waals surface area contributed by atoms with Gasteiger partial charge in [-0.2, -0.15) is 0 Å². The van der Waals surface area contributed by atoms with Gasteiger partial charge in [-0.3, -0.25) is 0 Å². The zero-order valence-corrected chi connectivity index (χ0v) is 8.86. The fourth-order valence-electron chi connectivity index (χ4n) is 2.09. The summed E-state index contributed by atoms with van der Waals surface area (Å²) < 4.78 is 0. The van der Waals surface area contributed by atoms with Crippen molar-refractivity contribution in [2.24, 2.45) is 0 Å². The molecule has 13 heavy (non-hydrogen) atoms. The van der Waals surface area contributed by atoms with Crippen molar-refractivity contribution in [3.63, 3.8) is 0 Å². The first-order chi connectivity index (χ1) is 6.43. The first-order valence-electron chi connectivity index (χ1n) is 5.96. The van der Waals surface area contributed by atoms with Crippen LogP contribution >= 0.6 is 0 Å². The molecule has 1 aliphatic rings. The van der Waals surface area contributed by atoms with Gasteiger partial charge in [0.05, 0.1) is 0 Å². The van der Waals surface area contributed by atoms with Gasteiger partial charge in [0.1, 0.15) is 0 Å². The third-order valence-electron chi connectivity index (χ3n) is 2.96. The molecule has 0 saturated heterocycles. The summed E-state index contributed by atoms with van der Waals surface area (Å²) in [6, 6.07) is 0.826. The van der Waals surface area contributed by atoms with E-state index in [9.17, 15) is 0 Å². The lowest BCUT2D eigenvalue weighted by atomic mass is 10.1. The summed E-state index contributed by atoms with van der Waals surface area (Å²) in [5.74, 6) is 0. The molecule has 1 heteroatoms. The Morgan fingerprint density at radius 3 is 2.31 bits per heavy atom. The smallest absolute Gasteiger partial charge is 0.00670 e. The van der Waals surface area contributed by atoms with E-state index in [-0.39, 0.29) is 0 Å². The molecule has 77 valence electrons. The molecular weight excluding hydrogens is 158 g/mol. The Balaban J connectivity index is 1.98. The molecular formula is C12H24N. The summed E-state index contributed by atoms with van der Waals surface area (Å²) in [5, 5.41) is 3.67. The van der Waals surface area contributed by atoms with Crippen molar-refractivity contribution in [2.45, 2.75) is 63.8 Å². The van der Waals surface area contributed by atoms with Gasteiger partial charge in [-0.05, 0) is 25.8 Å². The van der Waals surface area contributed by atoms with Gasteiger partial charge < -0.3 is 5.32 Å². The molecule has 0 unspecified atom stereocenters. The van der Waals surface area contributed by atoms with Gasteiger partial charge >= 0.3 is 0 Å². The molecule has 1 N–H and O–H groups in total. The summed E-state index contributed by atoms with van der Waals surface area (Å²) in [6.45, 7) is 5.07. The van der Waals surface area contributed by atoms with Gasteiger partial charge in [-0.1, -0.05) is 45.4 Å². The molecule has 1 nitrogen and oxygen atoms in total. The van der Waals surface area contributed by atoms with Crippen molar-refractivity contribution in [3.8, 4) is 0 Å². The van der Waals surface area contributed by atoms with Crippen LogP contribution in [0.4, 0.5) is 0 Å². The predicted molar refractivity (Wildman–Crippen MR) is 58.7 cm³/mol. The first-order valence-corrected chi connectivity index (χ1v) is 5.96. The third kappa shape index (κ3) is 5.30. The molecule has 1 rings (SSSR count). The first kappa shape index (κ1) is 11.0. The largest absolute Gasteiger partial charge is 0.314 e. The summed E-state index contributed by atoms with van der Waals surface area (Å²) in [5.41, 5.74) is 0. The van der Waals surface area contributed by atoms with Gasteiger partial charge in [0.25, 0.3) is 0 Å². The minimum absolute atomic E-state index is 0.826. The highest BCUT2D eigenvalue weighted by atomic mass is 14.9. The van der Waals surface area contributed by atoms with E-state index in [1.165, 1.54) is 57.9 Å². The van der Waals surface area contributed by atoms with Crippen LogP contribution < -0.4 is 5.32 Å². The lowest BCUT2D eigenvalue weighted by molar-refractivity contribution is 0.452. The van der Waals surface area contributed by atoms with Crippen LogP contribution in [0.3, 0.4) is 0 Å². The van der Waals surface area contributed by atoms with Crippen molar-refractivity contribution >= 4 is 0 Å². The topological polar surface area (TPSA) is 12.0 Å². The Hall–Kier alpha value is -0.0400. The van der Waals surface area contributed by atoms with Crippen molar-refractivity contribution in [3.05, 3.63) is 6.92 Å². The van der Waals surface area contributed by atoms with Gasteiger partial charge in [0, 0.05) is 6.04 Å². The molecule has 0 bridgehead atoms. The molecule has 1 aliphatic carbocycles. The van der Waals surface area contributed by atoms with Gasteiger partial charge in [0.2, 0.25) is 0 Å². The number of nitrogens with one attached hydrogen (secondary N) is 1. The average Bonchev–Trinajstić information content (AvgIpc) is 2.41. The minimum atomic E-state index is 0.826. The summed E-state index contributed by atoms with van der Waals surface area (Å²) in [4.78, 5) is 0. The maximum Gasteiger partial charge on any atom is 0.00670 e. The van der Waals surface area contributed by atoms with E-state index in [4.69, 9.17) is 0 Å². The molecule has 0 atom stereocenters. The highest BCUT2D eigenvalue weighted by Crippen LogP contribution is 2.17. The molecule has 0 amide bonds. The SMILES string of the molecule is [CH2]CCCCNC1CCCCCC1. The molecule has 0 spiro atoms. The van der Waals surface area contributed by atoms with Crippen LogP contribution in [0.5, 0.6) is 0 Å². The highest BCUT2D eigenvalue weighted by molar-refractivity contribution is 4.70. The second-order valence-corrected chi connectivity index (χ2v) is 4.20. The van der Waals surface area contributed by atoms with Crippen molar-refractivity contribution in [1.29, 1.82) is 0 Å². The molecule has 1 radical (unpaired) electrons. The highest BCUT2D eigenvalue weighted by Gasteiger charge is 2.10. The van der Waals surface area contributed by atoms with Crippen LogP contribution in [-0.2, 0) is 0 Å². The summed E-state index contributed by atoms with van der Waals surface area (Å²) in [7, 11) is 0. The second-order valence-electron chi connectivity index (χ2n) is 4.20. The van der Waals surface area contributed by atoms with E-state index in [1.54, 1.807) is 0 Å². The molecule has 0 aromatic heterocycles. The van der Waals surface area contributed by atoms with Gasteiger partial charge in [-0.25, -0.2) is 0 Å². The number of hydrogen-bond acceptors (Lipinski definition) is 1. The van der Waals surface area contributed by atoms with Gasteiger partial charge in [0.15, 0.2) is 0 Å². The lowest BCUT2D eigenvalue weighted by Gasteiger charge is -2.15. The second kappa shape index (κ2) is 7.37. The van der Waals surface area contributed by atoms with E-state index in [1.807, 2.05) is 0 Å². The zero-order chi connectivity index (χ0) is 9.36. The van der Waals surface area contributed by atoms with E-state index in [0.717, 1.165) is 12.5 Å². The molecule has 1 saturated carbocycles. The fraction of sp³-hybridized carbons (Fsp3) is 0.917. The van der Waals surface area contributed by atoms with Crippen molar-refractivity contribution < 1.29 is 0 Å². The Morgan fingerprint density at radius 1 is 1.00 bits per heavy atom. The van der Waals surface area contributed by atoms with Crippen LogP contribution in [0.25, 0.3) is 0 Å². The Morgan fingerprint density at radius 2 is 1.69 bits per heavy atom. The van der Waals surface area contributed by atoms with Crippen LogP contribution in [0.2, 0.25) is 0 Å². The standard InChI is InChI=1S/C12H24N/c1-2-3-8-11-13-12-9-6-4-5-7-10-12/h12-13H,1-11H2. The third-order valence-corrected chi connectivity index (χ3v) is 2.96. The maximum absolute atomic E-state index is 3.86. The van der Waals surface area contributed by atoms with Crippen molar-refractivity contribution in [1.82, 2.24) is 5.32 Å². The van der Waals surface area contributed by atoms with E-state index in [0.29, 0.717) is 0 Å². The average molecular weight is 182 g/mol. The quantitative estimate of drug-likeness (QED) is 0.508. The Labute approximate surface area is 83.3 Å². The summed E-state index contributed by atoms with van der Waals surface area (Å²) >= 11 is 0. The van der Waals surface area contributed by atoms with E-state index in [2.05, 4.69) is 12.2 Å². The van der Waals surface area contributed by atoms with Crippen LogP contribution in [-0.4, -0.2) is 12.6 Å². The maximum atomic E-state index is 3.86. The monoisotopic (exact) mass is 182 g/mol. The number of hydrogen-bond donors (Lipinski definition) is 1. The zero-order valence-electron chi connectivity index (χ0n) is 8.86. The lowest BCUT2D eigenvalue weighted by Crippen LogP contribution is -2.29. The molecule has 0 aliphatic heterocycles.